The molecule has 0 aromatic heterocycles. The quantitative estimate of drug-likeness (QED) is 0.796. The van der Waals surface area contributed by atoms with Gasteiger partial charge in [0.15, 0.2) is 0 Å². The third kappa shape index (κ3) is 3.83. The van der Waals surface area contributed by atoms with Gasteiger partial charge in [-0.3, -0.25) is 4.79 Å². The van der Waals surface area contributed by atoms with Crippen molar-refractivity contribution in [2.75, 3.05) is 21.2 Å². The van der Waals surface area contributed by atoms with Crippen LogP contribution in [0, 0.1) is 6.92 Å². The summed E-state index contributed by atoms with van der Waals surface area (Å²) in [5.74, 6) is -1.12. The van der Waals surface area contributed by atoms with E-state index in [1.807, 2.05) is 0 Å². The molecule has 22 heavy (non-hydrogen) atoms. The van der Waals surface area contributed by atoms with Gasteiger partial charge < -0.3 is 10.1 Å². The van der Waals surface area contributed by atoms with E-state index in [1.165, 1.54) is 40.3 Å². The summed E-state index contributed by atoms with van der Waals surface area (Å²) < 4.78 is 29.8. The number of nitrogens with zero attached hydrogens (tertiary/aromatic N) is 1. The van der Waals surface area contributed by atoms with E-state index in [0.717, 1.165) is 4.31 Å². The second-order valence-corrected chi connectivity index (χ2v) is 7.13. The highest BCUT2D eigenvalue weighted by atomic mass is 32.2. The van der Waals surface area contributed by atoms with Crippen molar-refractivity contribution in [3.8, 4) is 0 Å². The first-order valence-electron chi connectivity index (χ1n) is 6.53. The maximum Gasteiger partial charge on any atom is 0.328 e. The summed E-state index contributed by atoms with van der Waals surface area (Å²) in [6.07, 6.45) is 0. The predicted molar refractivity (Wildman–Crippen MR) is 81.0 cm³/mol. The lowest BCUT2D eigenvalue weighted by Crippen LogP contribution is -2.39. The Balaban J connectivity index is 3.15. The Morgan fingerprint density at radius 1 is 1.27 bits per heavy atom. The van der Waals surface area contributed by atoms with Crippen LogP contribution in [0.25, 0.3) is 0 Å². The minimum Gasteiger partial charge on any atom is -0.467 e. The van der Waals surface area contributed by atoms with E-state index in [1.54, 1.807) is 13.0 Å². The highest BCUT2D eigenvalue weighted by Crippen LogP contribution is 2.18. The van der Waals surface area contributed by atoms with Crippen LogP contribution in [0.4, 0.5) is 0 Å². The Morgan fingerprint density at radius 3 is 2.36 bits per heavy atom. The SMILES string of the molecule is COC(=O)[C@@H](C)NC(=O)c1cc(S(=O)(=O)N(C)C)ccc1C. The molecular formula is C14H20N2O5S. The van der Waals surface area contributed by atoms with Crippen LogP contribution in [0.15, 0.2) is 23.1 Å². The average Bonchev–Trinajstić information content (AvgIpc) is 2.46. The molecule has 1 atom stereocenters. The number of benzene rings is 1. The number of nitrogens with one attached hydrogen (secondary N) is 1. The van der Waals surface area contributed by atoms with Crippen molar-refractivity contribution in [1.82, 2.24) is 9.62 Å². The lowest BCUT2D eigenvalue weighted by molar-refractivity contribution is -0.142. The van der Waals surface area contributed by atoms with Crippen LogP contribution < -0.4 is 5.32 Å². The molecule has 7 nitrogen and oxygen atoms in total. The molecule has 0 saturated heterocycles. The second-order valence-electron chi connectivity index (χ2n) is 4.98. The van der Waals surface area contributed by atoms with E-state index >= 15 is 0 Å². The number of methoxy groups -OCH3 is 1. The molecule has 0 aliphatic rings. The topological polar surface area (TPSA) is 92.8 Å². The molecular weight excluding hydrogens is 308 g/mol. The molecule has 1 aromatic carbocycles. The Kier molecular flexibility index (Phi) is 5.67. The van der Waals surface area contributed by atoms with Crippen LogP contribution in [-0.4, -0.2) is 51.8 Å². The zero-order valence-electron chi connectivity index (χ0n) is 13.2. The van der Waals surface area contributed by atoms with Crippen LogP contribution in [0.1, 0.15) is 22.8 Å². The van der Waals surface area contributed by atoms with Crippen molar-refractivity contribution in [3.63, 3.8) is 0 Å². The maximum atomic E-state index is 12.2. The summed E-state index contributed by atoms with van der Waals surface area (Å²) in [5, 5.41) is 2.47. The standard InChI is InChI=1S/C14H20N2O5S/c1-9-6-7-11(22(19,20)16(3)4)8-12(9)13(17)15-10(2)14(18)21-5/h6-8,10H,1-5H3,(H,15,17)/t10-/m1/s1. The van der Waals surface area contributed by atoms with Crippen molar-refractivity contribution in [2.45, 2.75) is 24.8 Å². The monoisotopic (exact) mass is 328 g/mol. The Bertz CT molecular complexity index is 682. The molecule has 8 heteroatoms. The number of ether oxygens (including phenoxy) is 1. The maximum absolute atomic E-state index is 12.2. The second kappa shape index (κ2) is 6.89. The number of carbonyl (C=O) groups excluding carboxylic acids is 2. The van der Waals surface area contributed by atoms with E-state index < -0.39 is 27.9 Å². The lowest BCUT2D eigenvalue weighted by atomic mass is 10.1. The summed E-state index contributed by atoms with van der Waals surface area (Å²) >= 11 is 0. The van der Waals surface area contributed by atoms with Crippen LogP contribution in [0.2, 0.25) is 0 Å². The lowest BCUT2D eigenvalue weighted by Gasteiger charge is -2.15. The molecule has 0 fully saturated rings. The molecule has 1 rings (SSSR count). The molecule has 0 spiro atoms. The zero-order valence-corrected chi connectivity index (χ0v) is 14.0. The van der Waals surface area contributed by atoms with Gasteiger partial charge in [0.25, 0.3) is 5.91 Å². The van der Waals surface area contributed by atoms with E-state index in [9.17, 15) is 18.0 Å². The van der Waals surface area contributed by atoms with Crippen molar-refractivity contribution in [2.24, 2.45) is 0 Å². The highest BCUT2D eigenvalue weighted by molar-refractivity contribution is 7.89. The summed E-state index contributed by atoms with van der Waals surface area (Å²) in [6, 6.07) is 3.45. The number of esters is 1. The fraction of sp³-hybridized carbons (Fsp3) is 0.429. The van der Waals surface area contributed by atoms with Crippen molar-refractivity contribution >= 4 is 21.9 Å². The third-order valence-corrected chi connectivity index (χ3v) is 4.95. The highest BCUT2D eigenvalue weighted by Gasteiger charge is 2.22. The number of carbonyl (C=O) groups is 2. The summed E-state index contributed by atoms with van der Waals surface area (Å²) in [7, 11) is 0.407. The van der Waals surface area contributed by atoms with Crippen LogP contribution in [-0.2, 0) is 19.6 Å². The van der Waals surface area contributed by atoms with Crippen molar-refractivity contribution in [1.29, 1.82) is 0 Å². The number of rotatable bonds is 5. The molecule has 1 N–H and O–H groups in total. The van der Waals surface area contributed by atoms with Gasteiger partial charge in [0.05, 0.1) is 12.0 Å². The minimum atomic E-state index is -3.64. The third-order valence-electron chi connectivity index (χ3n) is 3.13. The van der Waals surface area contributed by atoms with Gasteiger partial charge in [-0.25, -0.2) is 17.5 Å². The van der Waals surface area contributed by atoms with Gasteiger partial charge in [0, 0.05) is 19.7 Å². The predicted octanol–water partition coefficient (Wildman–Crippen LogP) is 0.537. The molecule has 0 radical (unpaired) electrons. The first-order chi connectivity index (χ1) is 10.1. The Hall–Kier alpha value is -1.93. The zero-order chi connectivity index (χ0) is 17.1. The summed E-state index contributed by atoms with van der Waals surface area (Å²) in [4.78, 5) is 23.6. The van der Waals surface area contributed by atoms with E-state index in [0.29, 0.717) is 5.56 Å². The smallest absolute Gasteiger partial charge is 0.328 e. The van der Waals surface area contributed by atoms with Gasteiger partial charge in [0.1, 0.15) is 6.04 Å². The first-order valence-corrected chi connectivity index (χ1v) is 7.97. The van der Waals surface area contributed by atoms with Gasteiger partial charge in [0.2, 0.25) is 10.0 Å². The minimum absolute atomic E-state index is 0.0129. The van der Waals surface area contributed by atoms with Crippen LogP contribution in [0.3, 0.4) is 0 Å². The van der Waals surface area contributed by atoms with Crippen molar-refractivity contribution < 1.29 is 22.7 Å². The molecule has 1 amide bonds. The number of amides is 1. The Labute approximate surface area is 130 Å². The largest absolute Gasteiger partial charge is 0.467 e. The molecule has 0 aliphatic carbocycles. The average molecular weight is 328 g/mol. The van der Waals surface area contributed by atoms with Gasteiger partial charge in [-0.1, -0.05) is 6.07 Å². The number of sulfonamides is 1. The molecule has 0 unspecified atom stereocenters. The Morgan fingerprint density at radius 2 is 1.86 bits per heavy atom. The molecule has 1 aromatic rings. The molecule has 0 heterocycles. The summed E-state index contributed by atoms with van der Waals surface area (Å²) in [5.41, 5.74) is 0.797. The van der Waals surface area contributed by atoms with Crippen molar-refractivity contribution in [3.05, 3.63) is 29.3 Å². The van der Waals surface area contributed by atoms with E-state index in [-0.39, 0.29) is 10.5 Å². The van der Waals surface area contributed by atoms with Gasteiger partial charge in [-0.15, -0.1) is 0 Å². The normalized spacial score (nSPS) is 12.8. The van der Waals surface area contributed by atoms with E-state index in [2.05, 4.69) is 10.1 Å². The first kappa shape index (κ1) is 18.1. The van der Waals surface area contributed by atoms with Gasteiger partial charge >= 0.3 is 5.97 Å². The molecule has 122 valence electrons. The molecule has 0 saturated carbocycles. The number of aryl methyl sites for hydroxylation is 1. The fourth-order valence-corrected chi connectivity index (χ4v) is 2.66. The van der Waals surface area contributed by atoms with Gasteiger partial charge in [-0.2, -0.15) is 0 Å². The number of hydrogen-bond donors (Lipinski definition) is 1. The van der Waals surface area contributed by atoms with Crippen LogP contribution in [0.5, 0.6) is 0 Å². The van der Waals surface area contributed by atoms with Crippen LogP contribution >= 0.6 is 0 Å². The number of hydrogen-bond acceptors (Lipinski definition) is 5. The van der Waals surface area contributed by atoms with E-state index in [4.69, 9.17) is 0 Å². The summed E-state index contributed by atoms with van der Waals surface area (Å²) in [6.45, 7) is 3.17. The molecule has 0 aliphatic heterocycles. The van der Waals surface area contributed by atoms with Gasteiger partial charge in [-0.05, 0) is 31.5 Å². The molecule has 0 bridgehead atoms. The fourth-order valence-electron chi connectivity index (χ4n) is 1.73.